The summed E-state index contributed by atoms with van der Waals surface area (Å²) in [6.45, 7) is 3.93. The van der Waals surface area contributed by atoms with Gasteiger partial charge < -0.3 is 10.2 Å². The Kier molecular flexibility index (Phi) is 12.5. The molecule has 0 bridgehead atoms. The smallest absolute Gasteiger partial charge is 0.220 e. The number of unbranched alkanes of at least 4 members (excludes halogenated alkanes) is 7. The van der Waals surface area contributed by atoms with Gasteiger partial charge in [-0.05, 0) is 20.5 Å². The lowest BCUT2D eigenvalue weighted by molar-refractivity contribution is -0.121. The van der Waals surface area contributed by atoms with Crippen molar-refractivity contribution < 1.29 is 4.79 Å². The summed E-state index contributed by atoms with van der Waals surface area (Å²) in [5.74, 6) is 0.211. The first kappa shape index (κ1) is 17.4. The molecule has 0 aliphatic carbocycles. The summed E-state index contributed by atoms with van der Waals surface area (Å²) in [4.78, 5) is 13.5. The monoisotopic (exact) mass is 256 g/mol. The summed E-state index contributed by atoms with van der Waals surface area (Å²) >= 11 is 0. The Morgan fingerprint density at radius 3 is 2.06 bits per heavy atom. The number of hydrogen-bond acceptors (Lipinski definition) is 2. The van der Waals surface area contributed by atoms with Crippen LogP contribution in [0.5, 0.6) is 0 Å². The maximum Gasteiger partial charge on any atom is 0.220 e. The van der Waals surface area contributed by atoms with Crippen LogP contribution in [-0.4, -0.2) is 38.0 Å². The highest BCUT2D eigenvalue weighted by molar-refractivity contribution is 5.75. The van der Waals surface area contributed by atoms with Crippen LogP contribution in [0.15, 0.2) is 0 Å². The van der Waals surface area contributed by atoms with Crippen LogP contribution in [0.3, 0.4) is 0 Å². The molecular weight excluding hydrogens is 224 g/mol. The van der Waals surface area contributed by atoms with E-state index in [1.807, 2.05) is 14.1 Å². The molecule has 18 heavy (non-hydrogen) atoms. The van der Waals surface area contributed by atoms with Gasteiger partial charge in [0.15, 0.2) is 0 Å². The Labute approximate surface area is 113 Å². The van der Waals surface area contributed by atoms with Crippen LogP contribution in [0.25, 0.3) is 0 Å². The SMILES string of the molecule is CCCCCCCCCCC(=O)NCCN(C)C. The van der Waals surface area contributed by atoms with Gasteiger partial charge in [-0.1, -0.05) is 51.9 Å². The Morgan fingerprint density at radius 1 is 0.944 bits per heavy atom. The van der Waals surface area contributed by atoms with Crippen LogP contribution in [0, 0.1) is 0 Å². The number of likely N-dealkylation sites (N-methyl/N-ethyl adjacent to an activating group) is 1. The van der Waals surface area contributed by atoms with E-state index in [-0.39, 0.29) is 5.91 Å². The van der Waals surface area contributed by atoms with Gasteiger partial charge in [0, 0.05) is 19.5 Å². The van der Waals surface area contributed by atoms with Crippen LogP contribution in [0.4, 0.5) is 0 Å². The van der Waals surface area contributed by atoms with Crippen LogP contribution >= 0.6 is 0 Å². The van der Waals surface area contributed by atoms with E-state index in [1.165, 1.54) is 44.9 Å². The molecule has 0 saturated carbocycles. The largest absolute Gasteiger partial charge is 0.355 e. The third kappa shape index (κ3) is 13.5. The first-order valence-electron chi connectivity index (χ1n) is 7.58. The summed E-state index contributed by atoms with van der Waals surface area (Å²) in [6, 6.07) is 0. The van der Waals surface area contributed by atoms with E-state index >= 15 is 0 Å². The van der Waals surface area contributed by atoms with Crippen molar-refractivity contribution in [3.8, 4) is 0 Å². The average molecular weight is 256 g/mol. The lowest BCUT2D eigenvalue weighted by Gasteiger charge is -2.10. The summed E-state index contributed by atoms with van der Waals surface area (Å²) in [7, 11) is 4.04. The summed E-state index contributed by atoms with van der Waals surface area (Å²) in [5, 5.41) is 2.95. The highest BCUT2D eigenvalue weighted by atomic mass is 16.1. The summed E-state index contributed by atoms with van der Waals surface area (Å²) < 4.78 is 0. The van der Waals surface area contributed by atoms with Gasteiger partial charge in [0.25, 0.3) is 0 Å². The van der Waals surface area contributed by atoms with Crippen molar-refractivity contribution in [1.82, 2.24) is 10.2 Å². The highest BCUT2D eigenvalue weighted by Gasteiger charge is 2.00. The number of nitrogens with zero attached hydrogens (tertiary/aromatic N) is 1. The van der Waals surface area contributed by atoms with E-state index < -0.39 is 0 Å². The second-order valence-corrected chi connectivity index (χ2v) is 5.38. The molecule has 0 spiro atoms. The van der Waals surface area contributed by atoms with Crippen molar-refractivity contribution in [2.75, 3.05) is 27.2 Å². The lowest BCUT2D eigenvalue weighted by Crippen LogP contribution is -2.31. The zero-order valence-corrected chi connectivity index (χ0v) is 12.6. The minimum absolute atomic E-state index is 0.211. The van der Waals surface area contributed by atoms with Crippen LogP contribution in [0.2, 0.25) is 0 Å². The average Bonchev–Trinajstić information content (AvgIpc) is 2.32. The third-order valence-electron chi connectivity index (χ3n) is 3.14. The van der Waals surface area contributed by atoms with Gasteiger partial charge in [-0.15, -0.1) is 0 Å². The molecule has 1 amide bonds. The van der Waals surface area contributed by atoms with Crippen molar-refractivity contribution >= 4 is 5.91 Å². The third-order valence-corrected chi connectivity index (χ3v) is 3.14. The van der Waals surface area contributed by atoms with Gasteiger partial charge >= 0.3 is 0 Å². The standard InChI is InChI=1S/C15H32N2O/c1-4-5-6-7-8-9-10-11-12-15(18)16-13-14-17(2)3/h4-14H2,1-3H3,(H,16,18). The second kappa shape index (κ2) is 12.9. The first-order valence-corrected chi connectivity index (χ1v) is 7.58. The molecule has 0 radical (unpaired) electrons. The number of carbonyl (C=O) groups is 1. The Morgan fingerprint density at radius 2 is 1.50 bits per heavy atom. The van der Waals surface area contributed by atoms with E-state index in [0.29, 0.717) is 6.42 Å². The fraction of sp³-hybridized carbons (Fsp3) is 0.933. The molecule has 0 unspecified atom stereocenters. The van der Waals surface area contributed by atoms with Gasteiger partial charge in [0.05, 0.1) is 0 Å². The molecule has 0 aliphatic heterocycles. The van der Waals surface area contributed by atoms with Gasteiger partial charge in [-0.2, -0.15) is 0 Å². The zero-order chi connectivity index (χ0) is 13.6. The number of hydrogen-bond donors (Lipinski definition) is 1. The molecule has 0 saturated heterocycles. The summed E-state index contributed by atoms with van der Waals surface area (Å²) in [5.41, 5.74) is 0. The van der Waals surface area contributed by atoms with E-state index in [4.69, 9.17) is 0 Å². The Bertz CT molecular complexity index is 193. The normalized spacial score (nSPS) is 10.9. The number of nitrogens with one attached hydrogen (secondary N) is 1. The van der Waals surface area contributed by atoms with Gasteiger partial charge in [0.2, 0.25) is 5.91 Å². The highest BCUT2D eigenvalue weighted by Crippen LogP contribution is 2.09. The minimum Gasteiger partial charge on any atom is -0.355 e. The lowest BCUT2D eigenvalue weighted by atomic mass is 10.1. The van der Waals surface area contributed by atoms with E-state index in [9.17, 15) is 4.79 Å². The second-order valence-electron chi connectivity index (χ2n) is 5.38. The van der Waals surface area contributed by atoms with Crippen LogP contribution in [-0.2, 0) is 4.79 Å². The molecule has 0 atom stereocenters. The number of amides is 1. The fourth-order valence-electron chi connectivity index (χ4n) is 1.93. The quantitative estimate of drug-likeness (QED) is 0.544. The van der Waals surface area contributed by atoms with E-state index in [0.717, 1.165) is 19.5 Å². The maximum absolute atomic E-state index is 11.5. The van der Waals surface area contributed by atoms with Crippen molar-refractivity contribution in [2.45, 2.75) is 64.7 Å². The fourth-order valence-corrected chi connectivity index (χ4v) is 1.93. The van der Waals surface area contributed by atoms with E-state index in [2.05, 4.69) is 17.1 Å². The van der Waals surface area contributed by atoms with Crippen LogP contribution in [0.1, 0.15) is 64.7 Å². The zero-order valence-electron chi connectivity index (χ0n) is 12.6. The van der Waals surface area contributed by atoms with Crippen molar-refractivity contribution in [2.24, 2.45) is 0 Å². The van der Waals surface area contributed by atoms with Gasteiger partial charge in [0.1, 0.15) is 0 Å². The predicted octanol–water partition coefficient (Wildman–Crippen LogP) is 3.20. The molecule has 0 fully saturated rings. The molecule has 0 aliphatic rings. The Hall–Kier alpha value is -0.570. The number of rotatable bonds is 12. The Balaban J connectivity index is 3.15. The molecule has 0 rings (SSSR count). The van der Waals surface area contributed by atoms with Crippen molar-refractivity contribution in [1.29, 1.82) is 0 Å². The number of carbonyl (C=O) groups excluding carboxylic acids is 1. The molecule has 3 heteroatoms. The first-order chi connectivity index (χ1) is 8.66. The van der Waals surface area contributed by atoms with Crippen molar-refractivity contribution in [3.05, 3.63) is 0 Å². The van der Waals surface area contributed by atoms with Crippen LogP contribution < -0.4 is 5.32 Å². The van der Waals surface area contributed by atoms with Crippen molar-refractivity contribution in [3.63, 3.8) is 0 Å². The van der Waals surface area contributed by atoms with Gasteiger partial charge in [-0.25, -0.2) is 0 Å². The molecule has 1 N–H and O–H groups in total. The van der Waals surface area contributed by atoms with Gasteiger partial charge in [-0.3, -0.25) is 4.79 Å². The summed E-state index contributed by atoms with van der Waals surface area (Å²) in [6.07, 6.45) is 11.0. The molecule has 0 aromatic rings. The molecule has 0 aromatic heterocycles. The maximum atomic E-state index is 11.5. The van der Waals surface area contributed by atoms with E-state index in [1.54, 1.807) is 0 Å². The molecule has 3 nitrogen and oxygen atoms in total. The minimum atomic E-state index is 0.211. The molecule has 108 valence electrons. The predicted molar refractivity (Wildman–Crippen MR) is 78.8 cm³/mol. The topological polar surface area (TPSA) is 32.3 Å². The molecule has 0 aromatic carbocycles. The molecular formula is C15H32N2O. The molecule has 0 heterocycles.